The molecular formula is C12H20O3. The van der Waals surface area contributed by atoms with Gasteiger partial charge in [0.25, 0.3) is 0 Å². The minimum Gasteiger partial charge on any atom is -0.481 e. The average Bonchev–Trinajstić information content (AvgIpc) is 3.02. The van der Waals surface area contributed by atoms with Crippen molar-refractivity contribution < 1.29 is 14.6 Å². The van der Waals surface area contributed by atoms with Crippen LogP contribution in [0.4, 0.5) is 0 Å². The summed E-state index contributed by atoms with van der Waals surface area (Å²) in [4.78, 5) is 11.3. The van der Waals surface area contributed by atoms with Gasteiger partial charge in [-0.25, -0.2) is 0 Å². The topological polar surface area (TPSA) is 46.5 Å². The van der Waals surface area contributed by atoms with Gasteiger partial charge in [0.2, 0.25) is 0 Å². The van der Waals surface area contributed by atoms with E-state index in [1.807, 2.05) is 6.92 Å². The van der Waals surface area contributed by atoms with Gasteiger partial charge in [0.15, 0.2) is 0 Å². The normalized spacial score (nSPS) is 27.3. The molecule has 1 atom stereocenters. The fraction of sp³-hybridized carbons (Fsp3) is 0.917. The minimum atomic E-state index is -0.600. The van der Waals surface area contributed by atoms with Crippen LogP contribution in [-0.2, 0) is 9.53 Å². The summed E-state index contributed by atoms with van der Waals surface area (Å²) in [6.45, 7) is 3.55. The number of aliphatic carboxylic acids is 1. The zero-order valence-corrected chi connectivity index (χ0v) is 9.37. The van der Waals surface area contributed by atoms with Crippen LogP contribution in [0.2, 0.25) is 0 Å². The third-order valence-electron chi connectivity index (χ3n) is 4.02. The molecule has 15 heavy (non-hydrogen) atoms. The van der Waals surface area contributed by atoms with E-state index < -0.39 is 11.4 Å². The molecule has 1 saturated heterocycles. The van der Waals surface area contributed by atoms with E-state index in [4.69, 9.17) is 4.74 Å². The summed E-state index contributed by atoms with van der Waals surface area (Å²) < 4.78 is 5.30. The summed E-state index contributed by atoms with van der Waals surface area (Å²) in [5.41, 5.74) is -0.470. The van der Waals surface area contributed by atoms with E-state index in [0.717, 1.165) is 45.3 Å². The van der Waals surface area contributed by atoms with Gasteiger partial charge in [-0.1, -0.05) is 0 Å². The highest BCUT2D eigenvalue weighted by atomic mass is 16.5. The molecule has 1 unspecified atom stereocenters. The van der Waals surface area contributed by atoms with Gasteiger partial charge in [-0.3, -0.25) is 4.79 Å². The molecule has 0 spiro atoms. The van der Waals surface area contributed by atoms with E-state index in [9.17, 15) is 9.90 Å². The maximum atomic E-state index is 11.3. The zero-order valence-electron chi connectivity index (χ0n) is 9.37. The predicted molar refractivity (Wildman–Crippen MR) is 56.6 cm³/mol. The Morgan fingerprint density at radius 3 is 2.40 bits per heavy atom. The molecule has 0 aromatic carbocycles. The number of rotatable bonds is 4. The van der Waals surface area contributed by atoms with E-state index in [1.165, 1.54) is 0 Å². The van der Waals surface area contributed by atoms with E-state index in [-0.39, 0.29) is 0 Å². The lowest BCUT2D eigenvalue weighted by atomic mass is 9.75. The second-order valence-electron chi connectivity index (χ2n) is 5.26. The molecule has 1 heterocycles. The number of hydrogen-bond acceptors (Lipinski definition) is 2. The molecule has 0 bridgehead atoms. The van der Waals surface area contributed by atoms with Gasteiger partial charge < -0.3 is 9.84 Å². The van der Waals surface area contributed by atoms with Crippen LogP contribution in [0.1, 0.15) is 39.0 Å². The van der Waals surface area contributed by atoms with Crippen molar-refractivity contribution in [1.29, 1.82) is 0 Å². The first-order chi connectivity index (χ1) is 7.13. The zero-order chi connectivity index (χ0) is 10.9. The Kier molecular flexibility index (Phi) is 3.01. The van der Waals surface area contributed by atoms with Crippen molar-refractivity contribution >= 4 is 5.97 Å². The van der Waals surface area contributed by atoms with Gasteiger partial charge in [-0.05, 0) is 50.9 Å². The number of ether oxygens (including phenoxy) is 1. The molecule has 2 aliphatic rings. The van der Waals surface area contributed by atoms with Crippen LogP contribution >= 0.6 is 0 Å². The maximum Gasteiger partial charge on any atom is 0.309 e. The van der Waals surface area contributed by atoms with Crippen molar-refractivity contribution in [2.75, 3.05) is 13.2 Å². The standard InChI is InChI=1S/C12H20O3/c1-12(11(13)14,10-2-3-10)8-9-4-6-15-7-5-9/h9-10H,2-8H2,1H3,(H,13,14). The third-order valence-corrected chi connectivity index (χ3v) is 4.02. The van der Waals surface area contributed by atoms with Gasteiger partial charge in [0, 0.05) is 13.2 Å². The van der Waals surface area contributed by atoms with Crippen molar-refractivity contribution in [2.24, 2.45) is 17.3 Å². The second kappa shape index (κ2) is 4.12. The van der Waals surface area contributed by atoms with E-state index >= 15 is 0 Å². The van der Waals surface area contributed by atoms with Crippen LogP contribution in [0.15, 0.2) is 0 Å². The second-order valence-corrected chi connectivity index (χ2v) is 5.26. The van der Waals surface area contributed by atoms with Crippen LogP contribution in [-0.4, -0.2) is 24.3 Å². The Hall–Kier alpha value is -0.570. The largest absolute Gasteiger partial charge is 0.481 e. The first-order valence-electron chi connectivity index (χ1n) is 5.94. The Labute approximate surface area is 90.8 Å². The van der Waals surface area contributed by atoms with E-state index in [0.29, 0.717) is 11.8 Å². The SMILES string of the molecule is CC(CC1CCOCC1)(C(=O)O)C1CC1. The molecule has 1 aliphatic carbocycles. The number of carbonyl (C=O) groups is 1. The van der Waals surface area contributed by atoms with Crippen molar-refractivity contribution in [2.45, 2.75) is 39.0 Å². The fourth-order valence-corrected chi connectivity index (χ4v) is 2.70. The quantitative estimate of drug-likeness (QED) is 0.777. The van der Waals surface area contributed by atoms with Gasteiger partial charge in [0.05, 0.1) is 5.41 Å². The third kappa shape index (κ3) is 2.33. The first-order valence-corrected chi connectivity index (χ1v) is 5.94. The number of carboxylic acids is 1. The van der Waals surface area contributed by atoms with Crippen molar-refractivity contribution in [1.82, 2.24) is 0 Å². The summed E-state index contributed by atoms with van der Waals surface area (Å²) in [5, 5.41) is 9.34. The molecule has 1 N–H and O–H groups in total. The summed E-state index contributed by atoms with van der Waals surface area (Å²) in [5.74, 6) is 0.384. The summed E-state index contributed by atoms with van der Waals surface area (Å²) >= 11 is 0. The van der Waals surface area contributed by atoms with Crippen molar-refractivity contribution in [3.05, 3.63) is 0 Å². The average molecular weight is 212 g/mol. The minimum absolute atomic E-state index is 0.429. The first kappa shape index (κ1) is 10.9. The molecule has 86 valence electrons. The maximum absolute atomic E-state index is 11.3. The highest BCUT2D eigenvalue weighted by Gasteiger charge is 2.48. The molecule has 0 radical (unpaired) electrons. The van der Waals surface area contributed by atoms with Gasteiger partial charge in [0.1, 0.15) is 0 Å². The van der Waals surface area contributed by atoms with Crippen molar-refractivity contribution in [3.8, 4) is 0 Å². The highest BCUT2D eigenvalue weighted by Crippen LogP contribution is 2.50. The van der Waals surface area contributed by atoms with Crippen LogP contribution in [0.25, 0.3) is 0 Å². The fourth-order valence-electron chi connectivity index (χ4n) is 2.70. The lowest BCUT2D eigenvalue weighted by molar-refractivity contribution is -0.151. The smallest absolute Gasteiger partial charge is 0.309 e. The molecule has 2 fully saturated rings. The van der Waals surface area contributed by atoms with Gasteiger partial charge >= 0.3 is 5.97 Å². The van der Waals surface area contributed by atoms with Crippen LogP contribution in [0.3, 0.4) is 0 Å². The van der Waals surface area contributed by atoms with Gasteiger partial charge in [-0.15, -0.1) is 0 Å². The summed E-state index contributed by atoms with van der Waals surface area (Å²) in [7, 11) is 0. The van der Waals surface area contributed by atoms with Crippen LogP contribution in [0.5, 0.6) is 0 Å². The molecule has 2 rings (SSSR count). The van der Waals surface area contributed by atoms with Crippen molar-refractivity contribution in [3.63, 3.8) is 0 Å². The van der Waals surface area contributed by atoms with Gasteiger partial charge in [-0.2, -0.15) is 0 Å². The molecule has 0 aromatic heterocycles. The van der Waals surface area contributed by atoms with Crippen LogP contribution in [0, 0.1) is 17.3 Å². The molecule has 1 aliphatic heterocycles. The lowest BCUT2D eigenvalue weighted by Crippen LogP contribution is -2.34. The molecule has 3 heteroatoms. The Bertz CT molecular complexity index is 241. The number of hydrogen-bond donors (Lipinski definition) is 1. The predicted octanol–water partition coefficient (Wildman–Crippen LogP) is 2.30. The Morgan fingerprint density at radius 1 is 1.33 bits per heavy atom. The van der Waals surface area contributed by atoms with E-state index in [2.05, 4.69) is 0 Å². The highest BCUT2D eigenvalue weighted by molar-refractivity contribution is 5.75. The molecular weight excluding hydrogens is 192 g/mol. The Morgan fingerprint density at radius 2 is 1.93 bits per heavy atom. The molecule has 0 aromatic rings. The van der Waals surface area contributed by atoms with E-state index in [1.54, 1.807) is 0 Å². The lowest BCUT2D eigenvalue weighted by Gasteiger charge is -2.31. The summed E-state index contributed by atoms with van der Waals surface area (Å²) in [6.07, 6.45) is 5.12. The molecule has 1 saturated carbocycles. The summed E-state index contributed by atoms with van der Waals surface area (Å²) in [6, 6.07) is 0. The molecule has 0 amide bonds. The monoisotopic (exact) mass is 212 g/mol. The van der Waals surface area contributed by atoms with Crippen LogP contribution < -0.4 is 0 Å². The number of carboxylic acid groups (broad SMARTS) is 1. The molecule has 3 nitrogen and oxygen atoms in total. The Balaban J connectivity index is 1.96.